The highest BCUT2D eigenvalue weighted by Crippen LogP contribution is 2.18. The number of aromatic nitrogens is 1. The van der Waals surface area contributed by atoms with Crippen LogP contribution in [0.4, 0.5) is 0 Å². The Morgan fingerprint density at radius 3 is 0.917 bits per heavy atom. The fourth-order valence-corrected chi connectivity index (χ4v) is 3.36. The second-order valence-corrected chi connectivity index (χ2v) is 9.49. The Balaban J connectivity index is 1.65. The molecule has 48 heavy (non-hydrogen) atoms. The van der Waals surface area contributed by atoms with E-state index in [-0.39, 0.29) is 24.8 Å². The summed E-state index contributed by atoms with van der Waals surface area (Å²) in [5, 5.41) is 18.8. The van der Waals surface area contributed by atoms with Crippen LogP contribution >= 0.6 is 0 Å². The lowest BCUT2D eigenvalue weighted by molar-refractivity contribution is -0.146. The zero-order valence-electron chi connectivity index (χ0n) is 28.4. The van der Waals surface area contributed by atoms with Crippen molar-refractivity contribution in [1.29, 1.82) is 0 Å². The molecule has 17 nitrogen and oxygen atoms in total. The highest BCUT2D eigenvalue weighted by molar-refractivity contribution is 5.70. The summed E-state index contributed by atoms with van der Waals surface area (Å²) in [7, 11) is 0. The Labute approximate surface area is 283 Å². The van der Waals surface area contributed by atoms with Gasteiger partial charge in [0.1, 0.15) is 0 Å². The van der Waals surface area contributed by atoms with Gasteiger partial charge in [-0.15, -0.1) is 4.73 Å². The fraction of sp³-hybridized carbons (Fsp3) is 0.839. The minimum atomic E-state index is -0.659. The smallest absolute Gasteiger partial charge is 0.335 e. The van der Waals surface area contributed by atoms with Gasteiger partial charge >= 0.3 is 5.97 Å². The van der Waals surface area contributed by atoms with Crippen molar-refractivity contribution >= 4 is 5.97 Å². The van der Waals surface area contributed by atoms with Crippen LogP contribution in [-0.2, 0) is 61.6 Å². The Kier molecular flexibility index (Phi) is 31.8. The number of hydrogen-bond acceptors (Lipinski definition) is 16. The average Bonchev–Trinajstić information content (AvgIpc) is 3.40. The van der Waals surface area contributed by atoms with E-state index in [1.54, 1.807) is 0 Å². The number of rotatable bonds is 38. The van der Waals surface area contributed by atoms with E-state index in [1.165, 1.54) is 12.1 Å². The van der Waals surface area contributed by atoms with E-state index < -0.39 is 5.97 Å². The second-order valence-electron chi connectivity index (χ2n) is 9.49. The zero-order valence-corrected chi connectivity index (χ0v) is 28.4. The molecule has 0 aliphatic rings. The first kappa shape index (κ1) is 43.9. The van der Waals surface area contributed by atoms with Crippen molar-refractivity contribution in [2.45, 2.75) is 13.3 Å². The molecule has 1 aromatic rings. The molecule has 0 saturated carbocycles. The van der Waals surface area contributed by atoms with Gasteiger partial charge in [-0.05, 0) is 6.92 Å². The second kappa shape index (κ2) is 34.7. The maximum atomic E-state index is 11.7. The lowest BCUT2D eigenvalue weighted by Crippen LogP contribution is -2.20. The van der Waals surface area contributed by atoms with Gasteiger partial charge in [-0.1, -0.05) is 0 Å². The molecule has 0 bridgehead atoms. The minimum Gasteiger partial charge on any atom is -0.492 e. The molecule has 0 spiro atoms. The van der Waals surface area contributed by atoms with Crippen LogP contribution in [0.2, 0.25) is 0 Å². The van der Waals surface area contributed by atoms with Gasteiger partial charge in [0.05, 0.1) is 158 Å². The van der Waals surface area contributed by atoms with Gasteiger partial charge in [-0.3, -0.25) is 0 Å². The predicted octanol–water partition coefficient (Wildman–Crippen LogP) is 0.464. The Morgan fingerprint density at radius 1 is 0.438 bits per heavy atom. The molecule has 0 fully saturated rings. The van der Waals surface area contributed by atoms with Gasteiger partial charge in [0, 0.05) is 18.7 Å². The molecule has 0 atom stereocenters. The van der Waals surface area contributed by atoms with Crippen molar-refractivity contribution in [2.24, 2.45) is 0 Å². The van der Waals surface area contributed by atoms with E-state index in [0.29, 0.717) is 157 Å². The summed E-state index contributed by atoms with van der Waals surface area (Å²) >= 11 is 0. The third-order valence-electron chi connectivity index (χ3n) is 5.74. The predicted molar refractivity (Wildman–Crippen MR) is 169 cm³/mol. The molecule has 2 N–H and O–H groups in total. The summed E-state index contributed by atoms with van der Waals surface area (Å²) in [6.07, 6.45) is -0.0455. The van der Waals surface area contributed by atoms with E-state index in [1.807, 2.05) is 6.92 Å². The third kappa shape index (κ3) is 28.8. The highest BCUT2D eigenvalue weighted by Gasteiger charge is 2.11. The molecular weight excluding hydrogens is 642 g/mol. The quantitative estimate of drug-likeness (QED) is 0.0908. The van der Waals surface area contributed by atoms with Crippen LogP contribution in [0, 0.1) is 0 Å². The van der Waals surface area contributed by atoms with Crippen LogP contribution in [0.5, 0.6) is 11.8 Å². The number of hydrogen-bond donors (Lipinski definition) is 2. The molecule has 0 amide bonds. The van der Waals surface area contributed by atoms with Crippen molar-refractivity contribution in [2.75, 3.05) is 159 Å². The average molecular weight is 700 g/mol. The number of carbonyl (C=O) groups is 1. The Morgan fingerprint density at radius 2 is 0.667 bits per heavy atom. The van der Waals surface area contributed by atoms with Gasteiger partial charge in [0.15, 0.2) is 0 Å². The normalized spacial score (nSPS) is 11.4. The van der Waals surface area contributed by atoms with Crippen molar-refractivity contribution < 1.29 is 76.7 Å². The zero-order chi connectivity index (χ0) is 34.6. The van der Waals surface area contributed by atoms with Crippen LogP contribution in [-0.4, -0.2) is 179 Å². The molecule has 1 heterocycles. The molecule has 0 aliphatic heterocycles. The van der Waals surface area contributed by atoms with E-state index in [0.717, 1.165) is 0 Å². The van der Waals surface area contributed by atoms with Crippen LogP contribution in [0.1, 0.15) is 13.3 Å². The van der Waals surface area contributed by atoms with Crippen LogP contribution in [0.15, 0.2) is 12.1 Å². The number of ether oxygens (including phenoxy) is 12. The SMILES string of the molecule is CCOCCOCCOCCOCCOCCOCCOCCOCCOCCOCCOCCOCCC(=O)On1c(O)ccc1O. The fourth-order valence-electron chi connectivity index (χ4n) is 3.36. The summed E-state index contributed by atoms with van der Waals surface area (Å²) in [5.74, 6) is -1.41. The lowest BCUT2D eigenvalue weighted by atomic mass is 10.5. The maximum Gasteiger partial charge on any atom is 0.335 e. The van der Waals surface area contributed by atoms with Crippen molar-refractivity contribution in [3.63, 3.8) is 0 Å². The van der Waals surface area contributed by atoms with E-state index in [4.69, 9.17) is 61.7 Å². The molecule has 0 aliphatic carbocycles. The van der Waals surface area contributed by atoms with Crippen molar-refractivity contribution in [3.8, 4) is 11.8 Å². The molecule has 0 unspecified atom stereocenters. The van der Waals surface area contributed by atoms with Gasteiger partial charge in [0.2, 0.25) is 11.8 Å². The maximum absolute atomic E-state index is 11.7. The largest absolute Gasteiger partial charge is 0.492 e. The van der Waals surface area contributed by atoms with Gasteiger partial charge in [-0.2, -0.15) is 0 Å². The highest BCUT2D eigenvalue weighted by atomic mass is 16.7. The van der Waals surface area contributed by atoms with Crippen molar-refractivity contribution in [3.05, 3.63) is 12.1 Å². The third-order valence-corrected chi connectivity index (χ3v) is 5.74. The van der Waals surface area contributed by atoms with Gasteiger partial charge in [0.25, 0.3) is 0 Å². The lowest BCUT2D eigenvalue weighted by Gasteiger charge is -2.09. The van der Waals surface area contributed by atoms with E-state index in [9.17, 15) is 15.0 Å². The first-order chi connectivity index (χ1) is 23.6. The molecule has 0 radical (unpaired) electrons. The summed E-state index contributed by atoms with van der Waals surface area (Å²) in [6.45, 7) is 13.3. The molecule has 17 heteroatoms. The minimum absolute atomic E-state index is 0.0455. The molecule has 0 aromatic carbocycles. The first-order valence-corrected chi connectivity index (χ1v) is 16.4. The van der Waals surface area contributed by atoms with Crippen molar-refractivity contribution in [1.82, 2.24) is 4.73 Å². The summed E-state index contributed by atoms with van der Waals surface area (Å²) in [6, 6.07) is 2.40. The van der Waals surface area contributed by atoms with Crippen LogP contribution in [0.25, 0.3) is 0 Å². The standard InChI is InChI=1S/C31H57NO16/c1-2-36-7-8-38-11-12-40-15-16-42-19-20-44-23-24-46-27-28-47-26-25-45-22-21-43-18-17-41-14-13-39-10-9-37-6-5-31(35)48-32-29(33)3-4-30(32)34/h3-4,33-34H,2,5-28H2,1H3. The monoisotopic (exact) mass is 699 g/mol. The Bertz CT molecular complexity index is 811. The first-order valence-electron chi connectivity index (χ1n) is 16.4. The number of carbonyl (C=O) groups excluding carboxylic acids is 1. The van der Waals surface area contributed by atoms with E-state index in [2.05, 4.69) is 0 Å². The molecule has 1 aromatic heterocycles. The topological polar surface area (TPSA) is 182 Å². The molecule has 282 valence electrons. The molecule has 1 rings (SSSR count). The molecular formula is C31H57NO16. The summed E-state index contributed by atoms with van der Waals surface area (Å²) in [4.78, 5) is 16.5. The van der Waals surface area contributed by atoms with E-state index >= 15 is 0 Å². The number of nitrogens with zero attached hydrogens (tertiary/aromatic N) is 1. The van der Waals surface area contributed by atoms with Crippen LogP contribution < -0.4 is 4.84 Å². The van der Waals surface area contributed by atoms with Gasteiger partial charge < -0.3 is 71.9 Å². The van der Waals surface area contributed by atoms with Gasteiger partial charge in [-0.25, -0.2) is 4.79 Å². The van der Waals surface area contributed by atoms with Crippen LogP contribution in [0.3, 0.4) is 0 Å². The Hall–Kier alpha value is -2.13. The summed E-state index contributed by atoms with van der Waals surface area (Å²) in [5.41, 5.74) is 0. The summed E-state index contributed by atoms with van der Waals surface area (Å²) < 4.78 is 65.4. The number of aromatic hydroxyl groups is 2. The molecule has 0 saturated heterocycles.